The number of nitrogens with zero attached hydrogens (tertiary/aromatic N) is 1. The molecule has 3 N–H and O–H groups in total. The van der Waals surface area contributed by atoms with E-state index in [0.717, 1.165) is 37.1 Å². The summed E-state index contributed by atoms with van der Waals surface area (Å²) in [5, 5.41) is 24.8. The van der Waals surface area contributed by atoms with Gasteiger partial charge in [-0.1, -0.05) is 6.42 Å². The number of carbonyl (C=O) groups excluding carboxylic acids is 2. The van der Waals surface area contributed by atoms with Crippen molar-refractivity contribution >= 4 is 23.3 Å². The zero-order valence-electron chi connectivity index (χ0n) is 19.9. The minimum Gasteiger partial charge on any atom is -0.490 e. The van der Waals surface area contributed by atoms with Gasteiger partial charge in [0.15, 0.2) is 5.60 Å². The summed E-state index contributed by atoms with van der Waals surface area (Å²) in [5.41, 5.74) is -3.19. The Morgan fingerprint density at radius 3 is 2.33 bits per heavy atom. The smallest absolute Gasteiger partial charge is 0.417 e. The van der Waals surface area contributed by atoms with Crippen molar-refractivity contribution in [3.05, 3.63) is 53.6 Å². The van der Waals surface area contributed by atoms with E-state index in [2.05, 4.69) is 15.4 Å². The van der Waals surface area contributed by atoms with Crippen LogP contribution in [0, 0.1) is 11.3 Å². The number of halogens is 3. The normalized spacial score (nSPS) is 12.7. The molecule has 0 aromatic heterocycles. The van der Waals surface area contributed by atoms with E-state index in [1.807, 2.05) is 0 Å². The fourth-order valence-corrected chi connectivity index (χ4v) is 3.08. The summed E-state index contributed by atoms with van der Waals surface area (Å²) < 4.78 is 49.5. The Morgan fingerprint density at radius 1 is 1.06 bits per heavy atom. The van der Waals surface area contributed by atoms with Crippen LogP contribution in [0.2, 0.25) is 0 Å². The number of rotatable bonds is 12. The molecule has 36 heavy (non-hydrogen) atoms. The van der Waals surface area contributed by atoms with Crippen LogP contribution in [-0.2, 0) is 20.5 Å². The lowest BCUT2D eigenvalue weighted by Crippen LogP contribution is -2.45. The number of amides is 1. The molecule has 2 rings (SSSR count). The zero-order valence-corrected chi connectivity index (χ0v) is 19.9. The number of ether oxygens (including phenoxy) is 2. The molecule has 11 heteroatoms. The first-order valence-corrected chi connectivity index (χ1v) is 11.1. The van der Waals surface area contributed by atoms with Crippen LogP contribution in [0.1, 0.15) is 43.7 Å². The lowest BCUT2D eigenvalue weighted by molar-refractivity contribution is -0.141. The molecule has 0 heterocycles. The highest BCUT2D eigenvalue weighted by atomic mass is 19.4. The van der Waals surface area contributed by atoms with Crippen molar-refractivity contribution in [2.75, 3.05) is 30.9 Å². The maximum absolute atomic E-state index is 13.1. The molecule has 0 spiro atoms. The van der Waals surface area contributed by atoms with Gasteiger partial charge in [0.05, 0.1) is 24.3 Å². The van der Waals surface area contributed by atoms with Crippen molar-refractivity contribution in [3.8, 4) is 11.8 Å². The summed E-state index contributed by atoms with van der Waals surface area (Å²) in [4.78, 5) is 23.5. The third-order valence-corrected chi connectivity index (χ3v) is 5.18. The van der Waals surface area contributed by atoms with E-state index in [-0.39, 0.29) is 11.7 Å². The topological polar surface area (TPSA) is 121 Å². The van der Waals surface area contributed by atoms with Crippen LogP contribution in [0.5, 0.6) is 5.75 Å². The number of unbranched alkanes of at least 4 members (excludes halogenated alkanes) is 2. The number of nitrogens with one attached hydrogen (secondary N) is 2. The molecule has 194 valence electrons. The molecule has 0 saturated heterocycles. The highest BCUT2D eigenvalue weighted by molar-refractivity contribution is 5.97. The number of methoxy groups -OCH3 is 1. The SMILES string of the molecule is COC(=O)CCCCCNc1ccc(OCC(C)(O)C(=O)Nc2ccc(C#N)c(C(F)(F)F)c2)cc1. The Kier molecular flexibility index (Phi) is 10.1. The Morgan fingerprint density at radius 2 is 1.72 bits per heavy atom. The highest BCUT2D eigenvalue weighted by Gasteiger charge is 2.35. The van der Waals surface area contributed by atoms with Gasteiger partial charge in [-0.3, -0.25) is 9.59 Å². The van der Waals surface area contributed by atoms with Crippen molar-refractivity contribution in [2.24, 2.45) is 0 Å². The van der Waals surface area contributed by atoms with Gasteiger partial charge in [0.1, 0.15) is 12.4 Å². The molecule has 0 saturated carbocycles. The zero-order chi connectivity index (χ0) is 26.8. The van der Waals surface area contributed by atoms with E-state index in [1.165, 1.54) is 20.1 Å². The van der Waals surface area contributed by atoms with E-state index < -0.39 is 35.4 Å². The Hall–Kier alpha value is -3.78. The Balaban J connectivity index is 1.84. The molecule has 0 aliphatic rings. The first-order chi connectivity index (χ1) is 17.0. The van der Waals surface area contributed by atoms with E-state index in [1.54, 1.807) is 24.3 Å². The minimum atomic E-state index is -4.77. The maximum Gasteiger partial charge on any atom is 0.417 e. The minimum absolute atomic E-state index is 0.215. The maximum atomic E-state index is 13.1. The standard InChI is InChI=1S/C25H28F3N3O5/c1-24(34,23(33)31-19-8-7-17(15-29)21(14-19)25(26,27)28)16-36-20-11-9-18(10-12-20)30-13-5-3-4-6-22(32)35-2/h7-12,14,30,34H,3-6,13,16H2,1-2H3,(H,31,33). The fourth-order valence-electron chi connectivity index (χ4n) is 3.08. The number of benzene rings is 2. The van der Waals surface area contributed by atoms with Gasteiger partial charge in [0.25, 0.3) is 5.91 Å². The van der Waals surface area contributed by atoms with Crippen molar-refractivity contribution < 1.29 is 37.3 Å². The number of hydrogen-bond donors (Lipinski definition) is 3. The summed E-state index contributed by atoms with van der Waals surface area (Å²) in [6.45, 7) is 1.43. The van der Waals surface area contributed by atoms with E-state index in [4.69, 9.17) is 10.00 Å². The second kappa shape index (κ2) is 12.8. The van der Waals surface area contributed by atoms with Crippen LogP contribution in [0.3, 0.4) is 0 Å². The van der Waals surface area contributed by atoms with Gasteiger partial charge in [0, 0.05) is 24.3 Å². The summed E-state index contributed by atoms with van der Waals surface area (Å²) >= 11 is 0. The second-order valence-electron chi connectivity index (χ2n) is 8.22. The van der Waals surface area contributed by atoms with Gasteiger partial charge in [-0.25, -0.2) is 0 Å². The molecule has 1 unspecified atom stereocenters. The molecule has 1 atom stereocenters. The van der Waals surface area contributed by atoms with Gasteiger partial charge in [-0.15, -0.1) is 0 Å². The molecule has 1 amide bonds. The third kappa shape index (κ3) is 8.78. The molecule has 0 aliphatic carbocycles. The van der Waals surface area contributed by atoms with E-state index in [0.29, 0.717) is 24.8 Å². The van der Waals surface area contributed by atoms with Crippen molar-refractivity contribution in [3.63, 3.8) is 0 Å². The van der Waals surface area contributed by atoms with Crippen LogP contribution >= 0.6 is 0 Å². The molecular formula is C25H28F3N3O5. The monoisotopic (exact) mass is 507 g/mol. The summed E-state index contributed by atoms with van der Waals surface area (Å²) in [6.07, 6.45) is -1.88. The molecule has 0 bridgehead atoms. The summed E-state index contributed by atoms with van der Waals surface area (Å²) in [7, 11) is 1.36. The van der Waals surface area contributed by atoms with Crippen molar-refractivity contribution in [2.45, 2.75) is 44.4 Å². The average molecular weight is 508 g/mol. The number of anilines is 2. The average Bonchev–Trinajstić information content (AvgIpc) is 2.84. The van der Waals surface area contributed by atoms with Gasteiger partial charge >= 0.3 is 12.1 Å². The Bertz CT molecular complexity index is 1080. The van der Waals surface area contributed by atoms with Crippen LogP contribution in [0.4, 0.5) is 24.5 Å². The molecule has 0 fully saturated rings. The van der Waals surface area contributed by atoms with Gasteiger partial charge in [0.2, 0.25) is 0 Å². The van der Waals surface area contributed by atoms with Gasteiger partial charge in [-0.05, 0) is 62.2 Å². The van der Waals surface area contributed by atoms with Crippen LogP contribution in [0.25, 0.3) is 0 Å². The fraction of sp³-hybridized carbons (Fsp3) is 0.400. The lowest BCUT2D eigenvalue weighted by Gasteiger charge is -2.23. The lowest BCUT2D eigenvalue weighted by atomic mass is 10.1. The Labute approximate surface area is 207 Å². The van der Waals surface area contributed by atoms with E-state index >= 15 is 0 Å². The van der Waals surface area contributed by atoms with Gasteiger partial charge in [-0.2, -0.15) is 18.4 Å². The first-order valence-electron chi connectivity index (χ1n) is 11.1. The van der Waals surface area contributed by atoms with Crippen LogP contribution in [-0.4, -0.2) is 42.8 Å². The number of alkyl halides is 3. The van der Waals surface area contributed by atoms with Crippen LogP contribution in [0.15, 0.2) is 42.5 Å². The number of nitriles is 1. The van der Waals surface area contributed by atoms with E-state index in [9.17, 15) is 27.9 Å². The summed E-state index contributed by atoms with van der Waals surface area (Å²) in [5.74, 6) is -0.810. The van der Waals surface area contributed by atoms with Crippen molar-refractivity contribution in [1.82, 2.24) is 0 Å². The quantitative estimate of drug-likeness (QED) is 0.286. The third-order valence-electron chi connectivity index (χ3n) is 5.18. The molecular weight excluding hydrogens is 479 g/mol. The number of esters is 1. The molecule has 8 nitrogen and oxygen atoms in total. The molecule has 2 aromatic rings. The predicted molar refractivity (Wildman–Crippen MR) is 126 cm³/mol. The largest absolute Gasteiger partial charge is 0.490 e. The predicted octanol–water partition coefficient (Wildman–Crippen LogP) is 4.49. The van der Waals surface area contributed by atoms with Crippen LogP contribution < -0.4 is 15.4 Å². The van der Waals surface area contributed by atoms with Gasteiger partial charge < -0.3 is 25.2 Å². The van der Waals surface area contributed by atoms with Crippen molar-refractivity contribution in [1.29, 1.82) is 5.26 Å². The second-order valence-corrected chi connectivity index (χ2v) is 8.22. The summed E-state index contributed by atoms with van der Waals surface area (Å²) in [6, 6.07) is 11.0. The number of carbonyl (C=O) groups is 2. The highest BCUT2D eigenvalue weighted by Crippen LogP contribution is 2.33. The molecule has 0 aliphatic heterocycles. The molecule has 2 aromatic carbocycles. The number of aliphatic hydroxyl groups is 1. The molecule has 0 radical (unpaired) electrons. The first kappa shape index (κ1) is 28.5. The number of hydrogen-bond acceptors (Lipinski definition) is 7.